The normalized spacial score (nSPS) is 13.0. The topological polar surface area (TPSA) is 91.6 Å². The van der Waals surface area contributed by atoms with Gasteiger partial charge in [0.25, 0.3) is 11.8 Å². The fourth-order valence-electron chi connectivity index (χ4n) is 3.57. The molecule has 0 unspecified atom stereocenters. The third kappa shape index (κ3) is 4.41. The number of aromatic nitrogens is 3. The molecule has 0 aliphatic heterocycles. The van der Waals surface area contributed by atoms with Crippen molar-refractivity contribution in [1.29, 1.82) is 0 Å². The lowest BCUT2D eigenvalue weighted by Gasteiger charge is -2.10. The zero-order chi connectivity index (χ0) is 22.9. The van der Waals surface area contributed by atoms with Gasteiger partial charge in [0.1, 0.15) is 0 Å². The van der Waals surface area contributed by atoms with E-state index in [2.05, 4.69) is 20.7 Å². The average molecular weight is 441 g/mol. The summed E-state index contributed by atoms with van der Waals surface area (Å²) in [5.74, 6) is 0.375. The maximum absolute atomic E-state index is 12.2. The molecule has 0 spiro atoms. The van der Waals surface area contributed by atoms with Crippen LogP contribution < -0.4 is 10.6 Å². The van der Waals surface area contributed by atoms with E-state index in [0.29, 0.717) is 28.8 Å². The number of nitrogens with one attached hydrogen (secondary N) is 2. The Morgan fingerprint density at radius 2 is 1.67 bits per heavy atom. The van der Waals surface area contributed by atoms with Crippen LogP contribution in [0.15, 0.2) is 66.9 Å². The Labute approximate surface area is 191 Å². The molecule has 1 fully saturated rings. The number of amides is 2. The third-order valence-electron chi connectivity index (χ3n) is 5.53. The highest BCUT2D eigenvalue weighted by Gasteiger charge is 2.23. The average Bonchev–Trinajstić information content (AvgIpc) is 3.54. The van der Waals surface area contributed by atoms with Gasteiger partial charge in [-0.15, -0.1) is 5.10 Å². The fraction of sp³-hybridized carbons (Fsp3) is 0.200. The Morgan fingerprint density at radius 3 is 2.33 bits per heavy atom. The second-order valence-electron chi connectivity index (χ2n) is 8.35. The summed E-state index contributed by atoms with van der Waals surface area (Å²) in [6.07, 6.45) is 3.96. The van der Waals surface area contributed by atoms with Crippen LogP contribution in [0.4, 0.5) is 11.6 Å². The molecule has 1 saturated carbocycles. The molecular weight excluding hydrogens is 416 g/mol. The van der Waals surface area contributed by atoms with Gasteiger partial charge >= 0.3 is 0 Å². The lowest BCUT2D eigenvalue weighted by molar-refractivity contribution is 0.0827. The number of rotatable bonds is 6. The summed E-state index contributed by atoms with van der Waals surface area (Å²) in [5.41, 5.74) is 4.62. The van der Waals surface area contributed by atoms with Crippen molar-refractivity contribution in [3.63, 3.8) is 0 Å². The standard InChI is InChI=1S/C25H24N6O2/c1-30(2)24(33)18-7-5-16(6-8-18)21-4-3-15-31-22(21)28-25(29-31)27-20-11-9-17(10-12-20)23(32)26-19-13-14-19/h3-12,15,19H,13-14H2,1-2H3,(H,26,32)(H,27,29). The van der Waals surface area contributed by atoms with Gasteiger partial charge in [0.15, 0.2) is 5.65 Å². The minimum atomic E-state index is -0.0437. The molecule has 4 aromatic rings. The molecule has 1 aliphatic carbocycles. The lowest BCUT2D eigenvalue weighted by atomic mass is 10.0. The van der Waals surface area contributed by atoms with E-state index in [1.165, 1.54) is 0 Å². The number of fused-ring (bicyclic) bond motifs is 1. The minimum absolute atomic E-state index is 0.0373. The molecule has 33 heavy (non-hydrogen) atoms. The number of carbonyl (C=O) groups is 2. The molecule has 2 heterocycles. The SMILES string of the molecule is CN(C)C(=O)c1ccc(-c2cccn3nc(Nc4ccc(C(=O)NC5CC5)cc4)nc23)cc1. The highest BCUT2D eigenvalue weighted by Crippen LogP contribution is 2.26. The summed E-state index contributed by atoms with van der Waals surface area (Å²) in [7, 11) is 3.47. The first kappa shape index (κ1) is 20.7. The number of benzene rings is 2. The lowest BCUT2D eigenvalue weighted by Crippen LogP contribution is -2.25. The molecule has 0 radical (unpaired) electrons. The van der Waals surface area contributed by atoms with Gasteiger partial charge in [0.05, 0.1) is 0 Å². The van der Waals surface area contributed by atoms with Gasteiger partial charge in [-0.3, -0.25) is 9.59 Å². The monoisotopic (exact) mass is 440 g/mol. The van der Waals surface area contributed by atoms with E-state index >= 15 is 0 Å². The maximum Gasteiger partial charge on any atom is 0.253 e. The van der Waals surface area contributed by atoms with Crippen LogP contribution in [0.3, 0.4) is 0 Å². The van der Waals surface area contributed by atoms with Gasteiger partial charge < -0.3 is 15.5 Å². The number of anilines is 2. The van der Waals surface area contributed by atoms with Gasteiger partial charge in [-0.1, -0.05) is 12.1 Å². The predicted octanol–water partition coefficient (Wildman–Crippen LogP) is 3.73. The summed E-state index contributed by atoms with van der Waals surface area (Å²) in [6.45, 7) is 0. The van der Waals surface area contributed by atoms with Crippen LogP contribution in [-0.2, 0) is 0 Å². The number of carbonyl (C=O) groups excluding carboxylic acids is 2. The van der Waals surface area contributed by atoms with Gasteiger partial charge in [-0.25, -0.2) is 4.52 Å². The largest absolute Gasteiger partial charge is 0.349 e. The second-order valence-corrected chi connectivity index (χ2v) is 8.35. The Bertz CT molecular complexity index is 1320. The fourth-order valence-corrected chi connectivity index (χ4v) is 3.57. The molecule has 0 saturated heterocycles. The highest BCUT2D eigenvalue weighted by atomic mass is 16.2. The van der Waals surface area contributed by atoms with Crippen molar-refractivity contribution in [3.8, 4) is 11.1 Å². The van der Waals surface area contributed by atoms with Gasteiger partial charge in [-0.2, -0.15) is 4.98 Å². The second kappa shape index (κ2) is 8.38. The van der Waals surface area contributed by atoms with Crippen molar-refractivity contribution in [2.24, 2.45) is 0 Å². The first-order valence-corrected chi connectivity index (χ1v) is 10.8. The van der Waals surface area contributed by atoms with Crippen LogP contribution in [0, 0.1) is 0 Å². The Hall–Kier alpha value is -4.20. The van der Waals surface area contributed by atoms with Crippen molar-refractivity contribution < 1.29 is 9.59 Å². The molecule has 2 amide bonds. The molecule has 8 nitrogen and oxygen atoms in total. The summed E-state index contributed by atoms with van der Waals surface area (Å²) in [6, 6.07) is 18.9. The van der Waals surface area contributed by atoms with E-state index in [-0.39, 0.29) is 11.8 Å². The first-order valence-electron chi connectivity index (χ1n) is 10.8. The third-order valence-corrected chi connectivity index (χ3v) is 5.53. The summed E-state index contributed by atoms with van der Waals surface area (Å²) in [5, 5.41) is 10.7. The highest BCUT2D eigenvalue weighted by molar-refractivity contribution is 5.95. The number of hydrogen-bond acceptors (Lipinski definition) is 5. The van der Waals surface area contributed by atoms with E-state index in [0.717, 1.165) is 29.7 Å². The maximum atomic E-state index is 12.2. The van der Waals surface area contributed by atoms with Crippen molar-refractivity contribution >= 4 is 29.1 Å². The van der Waals surface area contributed by atoms with Crippen molar-refractivity contribution in [1.82, 2.24) is 24.8 Å². The molecule has 5 rings (SSSR count). The molecule has 0 atom stereocenters. The Kier molecular flexibility index (Phi) is 5.26. The Morgan fingerprint density at radius 1 is 0.970 bits per heavy atom. The van der Waals surface area contributed by atoms with Crippen LogP contribution in [0.25, 0.3) is 16.8 Å². The van der Waals surface area contributed by atoms with E-state index in [4.69, 9.17) is 0 Å². The summed E-state index contributed by atoms with van der Waals surface area (Å²) >= 11 is 0. The molecule has 2 aromatic heterocycles. The zero-order valence-electron chi connectivity index (χ0n) is 18.4. The van der Waals surface area contributed by atoms with E-state index < -0.39 is 0 Å². The van der Waals surface area contributed by atoms with Crippen molar-refractivity contribution in [3.05, 3.63) is 78.0 Å². The first-order chi connectivity index (χ1) is 16.0. The molecule has 8 heteroatoms. The zero-order valence-corrected chi connectivity index (χ0v) is 18.4. The molecule has 0 bridgehead atoms. The van der Waals surface area contributed by atoms with Gasteiger partial charge in [0, 0.05) is 48.7 Å². The number of nitrogens with zero attached hydrogens (tertiary/aromatic N) is 4. The molecular formula is C25H24N6O2. The van der Waals surface area contributed by atoms with Crippen LogP contribution in [0.2, 0.25) is 0 Å². The van der Waals surface area contributed by atoms with Crippen molar-refractivity contribution in [2.45, 2.75) is 18.9 Å². The predicted molar refractivity (Wildman–Crippen MR) is 127 cm³/mol. The van der Waals surface area contributed by atoms with Crippen LogP contribution in [0.1, 0.15) is 33.6 Å². The van der Waals surface area contributed by atoms with Crippen LogP contribution in [0.5, 0.6) is 0 Å². The molecule has 2 aromatic carbocycles. The van der Waals surface area contributed by atoms with E-state index in [9.17, 15) is 9.59 Å². The quantitative estimate of drug-likeness (QED) is 0.477. The summed E-state index contributed by atoms with van der Waals surface area (Å²) < 4.78 is 1.72. The van der Waals surface area contributed by atoms with E-state index in [1.54, 1.807) is 35.6 Å². The number of pyridine rings is 1. The molecule has 166 valence electrons. The van der Waals surface area contributed by atoms with Gasteiger partial charge in [0.2, 0.25) is 5.95 Å². The molecule has 2 N–H and O–H groups in total. The molecule has 1 aliphatic rings. The van der Waals surface area contributed by atoms with Gasteiger partial charge in [-0.05, 0) is 66.9 Å². The van der Waals surface area contributed by atoms with Crippen LogP contribution in [-0.4, -0.2) is 51.4 Å². The van der Waals surface area contributed by atoms with Crippen LogP contribution >= 0.6 is 0 Å². The van der Waals surface area contributed by atoms with E-state index in [1.807, 2.05) is 54.7 Å². The Balaban J connectivity index is 1.36. The number of hydrogen-bond donors (Lipinski definition) is 2. The smallest absolute Gasteiger partial charge is 0.253 e. The minimum Gasteiger partial charge on any atom is -0.349 e. The summed E-state index contributed by atoms with van der Waals surface area (Å²) in [4.78, 5) is 30.5. The van der Waals surface area contributed by atoms with Crippen molar-refractivity contribution in [2.75, 3.05) is 19.4 Å².